The number of nitrogens with one attached hydrogen (secondary N) is 1. The molecule has 1 unspecified atom stereocenters. The molecule has 3 heteroatoms. The SMILES string of the molecule is CNCC1(C)CCN(CCCCOC)C1. The lowest BCUT2D eigenvalue weighted by atomic mass is 9.90. The highest BCUT2D eigenvalue weighted by molar-refractivity contribution is 4.87. The molecule has 3 nitrogen and oxygen atoms in total. The molecule has 1 saturated heterocycles. The van der Waals surface area contributed by atoms with Crippen LogP contribution in [0, 0.1) is 5.41 Å². The molecule has 1 aliphatic rings. The van der Waals surface area contributed by atoms with Crippen LogP contribution in [-0.2, 0) is 4.74 Å². The van der Waals surface area contributed by atoms with E-state index in [4.69, 9.17) is 4.74 Å². The Bertz CT molecular complexity index is 175. The van der Waals surface area contributed by atoms with Crippen molar-refractivity contribution in [2.24, 2.45) is 5.41 Å². The molecular weight excluding hydrogens is 188 g/mol. The van der Waals surface area contributed by atoms with Crippen LogP contribution < -0.4 is 5.32 Å². The summed E-state index contributed by atoms with van der Waals surface area (Å²) in [6.45, 7) is 8.19. The third-order valence-electron chi connectivity index (χ3n) is 3.31. The minimum Gasteiger partial charge on any atom is -0.385 e. The Morgan fingerprint density at radius 3 is 2.87 bits per heavy atom. The molecule has 1 heterocycles. The highest BCUT2D eigenvalue weighted by Crippen LogP contribution is 2.28. The quantitative estimate of drug-likeness (QED) is 0.647. The van der Waals surface area contributed by atoms with Gasteiger partial charge >= 0.3 is 0 Å². The first-order chi connectivity index (χ1) is 7.20. The predicted molar refractivity (Wildman–Crippen MR) is 64.2 cm³/mol. The summed E-state index contributed by atoms with van der Waals surface area (Å²) in [5.41, 5.74) is 0.496. The van der Waals surface area contributed by atoms with Gasteiger partial charge in [0, 0.05) is 26.8 Å². The topological polar surface area (TPSA) is 24.5 Å². The zero-order valence-electron chi connectivity index (χ0n) is 10.5. The van der Waals surface area contributed by atoms with Gasteiger partial charge in [0.15, 0.2) is 0 Å². The minimum atomic E-state index is 0.496. The number of methoxy groups -OCH3 is 1. The molecule has 1 rings (SSSR count). The number of rotatable bonds is 7. The number of nitrogens with zero attached hydrogens (tertiary/aromatic N) is 1. The van der Waals surface area contributed by atoms with Crippen LogP contribution in [0.1, 0.15) is 26.2 Å². The molecule has 1 aliphatic heterocycles. The highest BCUT2D eigenvalue weighted by Gasteiger charge is 2.32. The molecule has 15 heavy (non-hydrogen) atoms. The van der Waals surface area contributed by atoms with Crippen LogP contribution in [0.4, 0.5) is 0 Å². The van der Waals surface area contributed by atoms with E-state index >= 15 is 0 Å². The summed E-state index contributed by atoms with van der Waals surface area (Å²) in [7, 11) is 3.83. The van der Waals surface area contributed by atoms with Gasteiger partial charge in [-0.15, -0.1) is 0 Å². The van der Waals surface area contributed by atoms with Crippen molar-refractivity contribution in [1.82, 2.24) is 10.2 Å². The fourth-order valence-electron chi connectivity index (χ4n) is 2.47. The maximum atomic E-state index is 5.06. The predicted octanol–water partition coefficient (Wildman–Crippen LogP) is 1.34. The van der Waals surface area contributed by atoms with E-state index in [9.17, 15) is 0 Å². The van der Waals surface area contributed by atoms with E-state index in [2.05, 4.69) is 17.1 Å². The van der Waals surface area contributed by atoms with E-state index in [0.717, 1.165) is 13.2 Å². The second-order valence-corrected chi connectivity index (χ2v) is 5.07. The van der Waals surface area contributed by atoms with E-state index < -0.39 is 0 Å². The first-order valence-corrected chi connectivity index (χ1v) is 6.06. The molecule has 0 aliphatic carbocycles. The fraction of sp³-hybridized carbons (Fsp3) is 1.00. The van der Waals surface area contributed by atoms with E-state index in [1.54, 1.807) is 7.11 Å². The van der Waals surface area contributed by atoms with E-state index in [1.165, 1.54) is 38.9 Å². The lowest BCUT2D eigenvalue weighted by Gasteiger charge is -2.24. The molecule has 0 bridgehead atoms. The summed E-state index contributed by atoms with van der Waals surface area (Å²) >= 11 is 0. The van der Waals surface area contributed by atoms with Crippen molar-refractivity contribution in [3.63, 3.8) is 0 Å². The largest absolute Gasteiger partial charge is 0.385 e. The minimum absolute atomic E-state index is 0.496. The summed E-state index contributed by atoms with van der Waals surface area (Å²) in [6, 6.07) is 0. The molecule has 0 spiro atoms. The Labute approximate surface area is 94.2 Å². The van der Waals surface area contributed by atoms with Crippen LogP contribution in [0.15, 0.2) is 0 Å². The standard InChI is InChI=1S/C12H26N2O/c1-12(10-13-2)6-8-14(11-12)7-4-5-9-15-3/h13H,4-11H2,1-3H3. The van der Waals surface area contributed by atoms with Crippen LogP contribution in [0.3, 0.4) is 0 Å². The molecule has 0 aromatic rings. The van der Waals surface area contributed by atoms with Gasteiger partial charge in [-0.25, -0.2) is 0 Å². The molecule has 0 saturated carbocycles. The number of hydrogen-bond acceptors (Lipinski definition) is 3. The van der Waals surface area contributed by atoms with Gasteiger partial charge in [0.25, 0.3) is 0 Å². The van der Waals surface area contributed by atoms with Crippen molar-refractivity contribution in [3.8, 4) is 0 Å². The van der Waals surface area contributed by atoms with Crippen LogP contribution in [0.5, 0.6) is 0 Å². The molecule has 1 atom stereocenters. The molecule has 0 amide bonds. The molecule has 0 aromatic heterocycles. The third kappa shape index (κ3) is 4.49. The molecule has 0 radical (unpaired) electrons. The van der Waals surface area contributed by atoms with Gasteiger partial charge in [0.05, 0.1) is 0 Å². The lowest BCUT2D eigenvalue weighted by Crippen LogP contribution is -2.33. The maximum Gasteiger partial charge on any atom is 0.0462 e. The van der Waals surface area contributed by atoms with Crippen LogP contribution in [0.25, 0.3) is 0 Å². The Morgan fingerprint density at radius 2 is 2.20 bits per heavy atom. The van der Waals surface area contributed by atoms with Gasteiger partial charge < -0.3 is 15.0 Å². The van der Waals surface area contributed by atoms with E-state index in [0.29, 0.717) is 5.41 Å². The first kappa shape index (κ1) is 12.9. The highest BCUT2D eigenvalue weighted by atomic mass is 16.5. The van der Waals surface area contributed by atoms with Crippen molar-refractivity contribution in [2.45, 2.75) is 26.2 Å². The number of likely N-dealkylation sites (tertiary alicyclic amines) is 1. The normalized spacial score (nSPS) is 27.4. The Balaban J connectivity index is 2.13. The molecule has 1 N–H and O–H groups in total. The molecule has 0 aromatic carbocycles. The van der Waals surface area contributed by atoms with Crippen LogP contribution in [-0.4, -0.2) is 51.8 Å². The van der Waals surface area contributed by atoms with Gasteiger partial charge in [0.1, 0.15) is 0 Å². The fourth-order valence-corrected chi connectivity index (χ4v) is 2.47. The second kappa shape index (κ2) is 6.46. The summed E-state index contributed by atoms with van der Waals surface area (Å²) in [5.74, 6) is 0. The number of unbranched alkanes of at least 4 members (excludes halogenated alkanes) is 1. The number of ether oxygens (including phenoxy) is 1. The second-order valence-electron chi connectivity index (χ2n) is 5.07. The van der Waals surface area contributed by atoms with Crippen molar-refractivity contribution in [3.05, 3.63) is 0 Å². The smallest absolute Gasteiger partial charge is 0.0462 e. The Kier molecular flexibility index (Phi) is 5.58. The molecule has 90 valence electrons. The average Bonchev–Trinajstić information content (AvgIpc) is 2.56. The van der Waals surface area contributed by atoms with Gasteiger partial charge in [0.2, 0.25) is 0 Å². The van der Waals surface area contributed by atoms with Crippen LogP contribution >= 0.6 is 0 Å². The van der Waals surface area contributed by atoms with Gasteiger partial charge in [-0.1, -0.05) is 6.92 Å². The van der Waals surface area contributed by atoms with Crippen LogP contribution in [0.2, 0.25) is 0 Å². The van der Waals surface area contributed by atoms with Crippen molar-refractivity contribution in [1.29, 1.82) is 0 Å². The molecular formula is C12H26N2O. The van der Waals surface area contributed by atoms with Crippen molar-refractivity contribution < 1.29 is 4.74 Å². The summed E-state index contributed by atoms with van der Waals surface area (Å²) < 4.78 is 5.06. The summed E-state index contributed by atoms with van der Waals surface area (Å²) in [6.07, 6.45) is 3.79. The molecule has 1 fully saturated rings. The zero-order valence-corrected chi connectivity index (χ0v) is 10.5. The first-order valence-electron chi connectivity index (χ1n) is 6.06. The summed E-state index contributed by atoms with van der Waals surface area (Å²) in [5, 5.41) is 3.30. The number of hydrogen-bond donors (Lipinski definition) is 1. The van der Waals surface area contributed by atoms with Gasteiger partial charge in [-0.05, 0) is 44.8 Å². The van der Waals surface area contributed by atoms with Gasteiger partial charge in [-0.3, -0.25) is 0 Å². The maximum absolute atomic E-state index is 5.06. The Hall–Kier alpha value is -0.120. The lowest BCUT2D eigenvalue weighted by molar-refractivity contribution is 0.185. The van der Waals surface area contributed by atoms with Gasteiger partial charge in [-0.2, -0.15) is 0 Å². The van der Waals surface area contributed by atoms with Crippen molar-refractivity contribution in [2.75, 3.05) is 46.9 Å². The average molecular weight is 214 g/mol. The zero-order chi connectivity index (χ0) is 11.1. The monoisotopic (exact) mass is 214 g/mol. The Morgan fingerprint density at radius 1 is 1.40 bits per heavy atom. The third-order valence-corrected chi connectivity index (χ3v) is 3.31. The van der Waals surface area contributed by atoms with E-state index in [1.807, 2.05) is 7.05 Å². The van der Waals surface area contributed by atoms with E-state index in [-0.39, 0.29) is 0 Å². The van der Waals surface area contributed by atoms with Crippen molar-refractivity contribution >= 4 is 0 Å². The summed E-state index contributed by atoms with van der Waals surface area (Å²) in [4.78, 5) is 2.59.